The average molecular weight is 340 g/mol. The van der Waals surface area contributed by atoms with Crippen molar-refractivity contribution in [3.8, 4) is 0 Å². The van der Waals surface area contributed by atoms with Gasteiger partial charge in [-0.2, -0.15) is 0 Å². The molecule has 2 rings (SSSR count). The smallest absolute Gasteiger partial charge is 0.270 e. The largest absolute Gasteiger partial charge is 0.350 e. The van der Waals surface area contributed by atoms with Gasteiger partial charge in [0.15, 0.2) is 5.13 Å². The first kappa shape index (κ1) is 17.6. The summed E-state index contributed by atoms with van der Waals surface area (Å²) in [5.41, 5.74) is 2.45. The molecule has 0 atom stereocenters. The van der Waals surface area contributed by atoms with Crippen LogP contribution in [0.5, 0.6) is 0 Å². The van der Waals surface area contributed by atoms with Crippen LogP contribution in [-0.2, 0) is 0 Å². The van der Waals surface area contributed by atoms with Gasteiger partial charge in [0.25, 0.3) is 5.91 Å². The van der Waals surface area contributed by atoms with Crippen molar-refractivity contribution in [2.45, 2.75) is 13.3 Å². The minimum Gasteiger partial charge on any atom is -0.350 e. The van der Waals surface area contributed by atoms with Gasteiger partial charge >= 0.3 is 0 Å². The molecule has 6 heteroatoms. The summed E-state index contributed by atoms with van der Waals surface area (Å²) in [6, 6.07) is 3.69. The lowest BCUT2D eigenvalue weighted by Crippen LogP contribution is -2.24. The third-order valence-corrected chi connectivity index (χ3v) is 3.94. The number of amides is 1. The predicted molar refractivity (Wildman–Crippen MR) is 99.7 cm³/mol. The van der Waals surface area contributed by atoms with Gasteiger partial charge in [0, 0.05) is 30.0 Å². The number of allylic oxidation sites excluding steroid dienone is 4. The molecular weight excluding hydrogens is 320 g/mol. The highest BCUT2D eigenvalue weighted by Crippen LogP contribution is 2.20. The van der Waals surface area contributed by atoms with Gasteiger partial charge in [0.2, 0.25) is 0 Å². The molecular formula is C18H20N4OS. The van der Waals surface area contributed by atoms with Gasteiger partial charge < -0.3 is 10.6 Å². The Hall–Kier alpha value is -2.73. The van der Waals surface area contributed by atoms with Crippen LogP contribution in [0, 0.1) is 0 Å². The van der Waals surface area contributed by atoms with E-state index in [1.165, 1.54) is 11.3 Å². The van der Waals surface area contributed by atoms with Gasteiger partial charge in [-0.05, 0) is 25.5 Å². The van der Waals surface area contributed by atoms with E-state index in [0.29, 0.717) is 17.4 Å². The number of pyridine rings is 1. The quantitative estimate of drug-likeness (QED) is 0.710. The molecule has 0 fully saturated rings. The summed E-state index contributed by atoms with van der Waals surface area (Å²) in [5, 5.41) is 8.45. The van der Waals surface area contributed by atoms with Gasteiger partial charge in [0.1, 0.15) is 5.69 Å². The van der Waals surface area contributed by atoms with Crippen molar-refractivity contribution in [3.63, 3.8) is 0 Å². The lowest BCUT2D eigenvalue weighted by molar-refractivity contribution is 0.0950. The van der Waals surface area contributed by atoms with Gasteiger partial charge in [0.05, 0.1) is 0 Å². The highest BCUT2D eigenvalue weighted by atomic mass is 32.1. The van der Waals surface area contributed by atoms with Crippen LogP contribution >= 0.6 is 11.3 Å². The van der Waals surface area contributed by atoms with Crippen molar-refractivity contribution in [3.05, 3.63) is 72.1 Å². The summed E-state index contributed by atoms with van der Waals surface area (Å²) < 4.78 is 0. The van der Waals surface area contributed by atoms with E-state index in [9.17, 15) is 4.79 Å². The summed E-state index contributed by atoms with van der Waals surface area (Å²) in [4.78, 5) is 20.4. The van der Waals surface area contributed by atoms with E-state index in [-0.39, 0.29) is 5.91 Å². The van der Waals surface area contributed by atoms with E-state index < -0.39 is 0 Å². The van der Waals surface area contributed by atoms with Gasteiger partial charge in [-0.15, -0.1) is 11.3 Å². The topological polar surface area (TPSA) is 66.9 Å². The highest BCUT2D eigenvalue weighted by molar-refractivity contribution is 7.14. The molecule has 2 aromatic heterocycles. The maximum Gasteiger partial charge on any atom is 0.270 e. The first-order chi connectivity index (χ1) is 11.7. The number of thiazole rings is 1. The van der Waals surface area contributed by atoms with Crippen molar-refractivity contribution in [2.24, 2.45) is 0 Å². The molecule has 0 saturated heterocycles. The van der Waals surface area contributed by atoms with Crippen LogP contribution in [0.25, 0.3) is 0 Å². The Morgan fingerprint density at radius 2 is 2.17 bits per heavy atom. The van der Waals surface area contributed by atoms with E-state index in [0.717, 1.165) is 17.7 Å². The molecule has 1 amide bonds. The summed E-state index contributed by atoms with van der Waals surface area (Å²) in [5.74, 6) is -0.169. The van der Waals surface area contributed by atoms with E-state index in [1.807, 2.05) is 37.3 Å². The number of nitrogens with zero attached hydrogens (tertiary/aromatic N) is 2. The van der Waals surface area contributed by atoms with E-state index in [2.05, 4.69) is 27.2 Å². The Kier molecular flexibility index (Phi) is 6.91. The SMILES string of the molecule is C=C/C=C\C(=C/C)CCNC(=O)c1csc(Nc2ccncc2)n1. The Bertz CT molecular complexity index is 734. The van der Waals surface area contributed by atoms with Gasteiger partial charge in [-0.25, -0.2) is 4.98 Å². The molecule has 0 aromatic carbocycles. The number of hydrogen-bond acceptors (Lipinski definition) is 5. The molecule has 5 nitrogen and oxygen atoms in total. The number of nitrogens with one attached hydrogen (secondary N) is 2. The third-order valence-electron chi connectivity index (χ3n) is 3.18. The van der Waals surface area contributed by atoms with Crippen LogP contribution in [0.2, 0.25) is 0 Å². The van der Waals surface area contributed by atoms with Gasteiger partial charge in [-0.1, -0.05) is 36.5 Å². The first-order valence-electron chi connectivity index (χ1n) is 7.58. The number of carbonyl (C=O) groups is 1. The summed E-state index contributed by atoms with van der Waals surface area (Å²) >= 11 is 1.39. The van der Waals surface area contributed by atoms with Crippen molar-refractivity contribution < 1.29 is 4.79 Å². The van der Waals surface area contributed by atoms with Crippen LogP contribution < -0.4 is 10.6 Å². The zero-order chi connectivity index (χ0) is 17.2. The maximum atomic E-state index is 12.1. The van der Waals surface area contributed by atoms with Crippen molar-refractivity contribution >= 4 is 28.1 Å². The van der Waals surface area contributed by atoms with Crippen LogP contribution in [0.3, 0.4) is 0 Å². The fraction of sp³-hybridized carbons (Fsp3) is 0.167. The average Bonchev–Trinajstić information content (AvgIpc) is 3.07. The molecule has 0 saturated carbocycles. The molecule has 2 N–H and O–H groups in total. The molecule has 24 heavy (non-hydrogen) atoms. The highest BCUT2D eigenvalue weighted by Gasteiger charge is 2.10. The lowest BCUT2D eigenvalue weighted by Gasteiger charge is -2.04. The fourth-order valence-corrected chi connectivity index (χ4v) is 2.63. The number of carbonyl (C=O) groups excluding carboxylic acids is 1. The summed E-state index contributed by atoms with van der Waals surface area (Å²) in [6.45, 7) is 6.18. The standard InChI is InChI=1S/C18H20N4OS/c1-3-5-6-14(4-2)7-12-20-17(23)16-13-24-18(22-16)21-15-8-10-19-11-9-15/h3-6,8-11,13H,1,7,12H2,2H3,(H,20,23)(H,19,21,22)/b6-5-,14-4+. The van der Waals surface area contributed by atoms with Crippen molar-refractivity contribution in [1.82, 2.24) is 15.3 Å². The monoisotopic (exact) mass is 340 g/mol. The molecule has 0 radical (unpaired) electrons. The molecule has 0 unspecified atom stereocenters. The predicted octanol–water partition coefficient (Wildman–Crippen LogP) is 4.09. The number of anilines is 2. The second-order valence-corrected chi connectivity index (χ2v) is 5.72. The molecule has 0 bridgehead atoms. The van der Waals surface area contributed by atoms with Gasteiger partial charge in [-0.3, -0.25) is 9.78 Å². The minimum atomic E-state index is -0.169. The Labute approximate surface area is 145 Å². The van der Waals surface area contributed by atoms with E-state index >= 15 is 0 Å². The first-order valence-corrected chi connectivity index (χ1v) is 8.46. The zero-order valence-electron chi connectivity index (χ0n) is 13.5. The normalized spacial score (nSPS) is 11.5. The lowest BCUT2D eigenvalue weighted by atomic mass is 10.1. The minimum absolute atomic E-state index is 0.169. The Balaban J connectivity index is 1.85. The van der Waals surface area contributed by atoms with Crippen LogP contribution in [0.1, 0.15) is 23.8 Å². The molecule has 0 aliphatic heterocycles. The molecule has 0 spiro atoms. The zero-order valence-corrected chi connectivity index (χ0v) is 14.3. The number of rotatable bonds is 8. The van der Waals surface area contributed by atoms with Crippen LogP contribution in [0.4, 0.5) is 10.8 Å². The number of aromatic nitrogens is 2. The maximum absolute atomic E-state index is 12.1. The summed E-state index contributed by atoms with van der Waals surface area (Å²) in [7, 11) is 0. The second-order valence-electron chi connectivity index (χ2n) is 4.86. The van der Waals surface area contributed by atoms with E-state index in [4.69, 9.17) is 0 Å². The van der Waals surface area contributed by atoms with E-state index in [1.54, 1.807) is 23.8 Å². The van der Waals surface area contributed by atoms with Crippen LogP contribution in [-0.4, -0.2) is 22.4 Å². The molecule has 124 valence electrons. The molecule has 0 aliphatic rings. The second kappa shape index (κ2) is 9.42. The Morgan fingerprint density at radius 1 is 1.38 bits per heavy atom. The molecule has 2 aromatic rings. The third kappa shape index (κ3) is 5.48. The number of hydrogen-bond donors (Lipinski definition) is 2. The van der Waals surface area contributed by atoms with Crippen molar-refractivity contribution in [1.29, 1.82) is 0 Å². The van der Waals surface area contributed by atoms with Crippen LogP contribution in [0.15, 0.2) is 66.4 Å². The van der Waals surface area contributed by atoms with Crippen molar-refractivity contribution in [2.75, 3.05) is 11.9 Å². The molecule has 2 heterocycles. The Morgan fingerprint density at radius 3 is 2.88 bits per heavy atom. The summed E-state index contributed by atoms with van der Waals surface area (Å²) in [6.07, 6.45) is 11.8. The fourth-order valence-electron chi connectivity index (χ4n) is 1.92. The molecule has 0 aliphatic carbocycles.